The zero-order chi connectivity index (χ0) is 15.6. The van der Waals surface area contributed by atoms with Gasteiger partial charge in [-0.25, -0.2) is 9.97 Å². The molecule has 0 N–H and O–H groups in total. The van der Waals surface area contributed by atoms with Crippen LogP contribution in [0, 0.1) is 5.92 Å². The van der Waals surface area contributed by atoms with E-state index in [4.69, 9.17) is 16.3 Å². The third-order valence-corrected chi connectivity index (χ3v) is 3.72. The summed E-state index contributed by atoms with van der Waals surface area (Å²) in [5.41, 5.74) is 1.44. The normalized spacial score (nSPS) is 13.3. The second-order valence-electron chi connectivity index (χ2n) is 5.66. The van der Waals surface area contributed by atoms with Gasteiger partial charge in [0.2, 0.25) is 5.88 Å². The molecule has 6 nitrogen and oxygen atoms in total. The minimum Gasteiger partial charge on any atom is -0.479 e. The third-order valence-electron chi connectivity index (χ3n) is 3.48. The molecule has 116 valence electrons. The second kappa shape index (κ2) is 6.58. The van der Waals surface area contributed by atoms with Crippen molar-refractivity contribution in [1.82, 2.24) is 24.4 Å². The molecule has 0 aromatic carbocycles. The molecule has 0 bridgehead atoms. The van der Waals surface area contributed by atoms with Crippen LogP contribution in [0.15, 0.2) is 6.33 Å². The number of halogens is 1. The lowest BCUT2D eigenvalue weighted by Gasteiger charge is -2.27. The minimum atomic E-state index is 0.235. The van der Waals surface area contributed by atoms with Crippen LogP contribution in [0.4, 0.5) is 0 Å². The Bertz CT molecular complexity index is 611. The smallest absolute Gasteiger partial charge is 0.245 e. The number of aromatic nitrogens is 4. The summed E-state index contributed by atoms with van der Waals surface area (Å²) in [7, 11) is 5.70. The Hall–Kier alpha value is -1.40. The maximum atomic E-state index is 6.10. The Kier molecular flexibility index (Phi) is 5.00. The van der Waals surface area contributed by atoms with E-state index < -0.39 is 0 Å². The van der Waals surface area contributed by atoms with Crippen molar-refractivity contribution in [2.24, 2.45) is 5.92 Å². The van der Waals surface area contributed by atoms with Gasteiger partial charge >= 0.3 is 0 Å². The van der Waals surface area contributed by atoms with E-state index in [1.807, 2.05) is 0 Å². The Morgan fingerprint density at radius 1 is 1.33 bits per heavy atom. The largest absolute Gasteiger partial charge is 0.479 e. The maximum absolute atomic E-state index is 6.10. The van der Waals surface area contributed by atoms with Crippen molar-refractivity contribution in [1.29, 1.82) is 0 Å². The molecule has 1 unspecified atom stereocenters. The van der Waals surface area contributed by atoms with Gasteiger partial charge in [-0.1, -0.05) is 13.8 Å². The standard InChI is InChI=1S/C14H22ClN5O/c1-9(2)10(7-19(3)4)20-11(6-15)18-12-13(20)16-8-17-14(12)21-5/h8-10H,6-7H2,1-5H3. The van der Waals surface area contributed by atoms with E-state index in [2.05, 4.69) is 52.4 Å². The van der Waals surface area contributed by atoms with Crippen molar-refractivity contribution < 1.29 is 4.74 Å². The number of imidazole rings is 1. The fraction of sp³-hybridized carbons (Fsp3) is 0.643. The van der Waals surface area contributed by atoms with Crippen molar-refractivity contribution in [2.75, 3.05) is 27.7 Å². The molecule has 21 heavy (non-hydrogen) atoms. The van der Waals surface area contributed by atoms with Crippen LogP contribution in [0.1, 0.15) is 25.7 Å². The van der Waals surface area contributed by atoms with Crippen molar-refractivity contribution in [3.63, 3.8) is 0 Å². The Morgan fingerprint density at radius 2 is 2.05 bits per heavy atom. The number of nitrogens with zero attached hydrogens (tertiary/aromatic N) is 5. The zero-order valence-electron chi connectivity index (χ0n) is 13.2. The summed E-state index contributed by atoms with van der Waals surface area (Å²) in [6, 6.07) is 0.235. The number of ether oxygens (including phenoxy) is 1. The van der Waals surface area contributed by atoms with Gasteiger partial charge in [-0.3, -0.25) is 0 Å². The Labute approximate surface area is 130 Å². The summed E-state index contributed by atoms with van der Waals surface area (Å²) in [5, 5.41) is 0. The molecule has 2 aromatic rings. The van der Waals surface area contributed by atoms with Gasteiger partial charge < -0.3 is 14.2 Å². The van der Waals surface area contributed by atoms with Gasteiger partial charge in [-0.05, 0) is 20.0 Å². The number of hydrogen-bond acceptors (Lipinski definition) is 5. The molecule has 0 saturated carbocycles. The van der Waals surface area contributed by atoms with E-state index in [1.54, 1.807) is 7.11 Å². The molecule has 0 spiro atoms. The first-order valence-corrected chi connectivity index (χ1v) is 7.49. The molecule has 0 amide bonds. The number of rotatable bonds is 6. The number of fused-ring (bicyclic) bond motifs is 1. The van der Waals surface area contributed by atoms with Crippen molar-refractivity contribution in [3.05, 3.63) is 12.2 Å². The molecule has 0 fully saturated rings. The van der Waals surface area contributed by atoms with E-state index in [0.29, 0.717) is 23.2 Å². The number of methoxy groups -OCH3 is 1. The molecule has 1 atom stereocenters. The SMILES string of the molecule is COc1ncnc2c1nc(CCl)n2C(CN(C)C)C(C)C. The van der Waals surface area contributed by atoms with Crippen molar-refractivity contribution in [3.8, 4) is 5.88 Å². The monoisotopic (exact) mass is 311 g/mol. The summed E-state index contributed by atoms with van der Waals surface area (Å²) < 4.78 is 7.40. The van der Waals surface area contributed by atoms with Gasteiger partial charge in [0.05, 0.1) is 19.0 Å². The van der Waals surface area contributed by atoms with E-state index in [0.717, 1.165) is 18.0 Å². The van der Waals surface area contributed by atoms with Crippen molar-refractivity contribution in [2.45, 2.75) is 25.8 Å². The first kappa shape index (κ1) is 16.0. The van der Waals surface area contributed by atoms with Crippen LogP contribution < -0.4 is 4.74 Å². The lowest BCUT2D eigenvalue weighted by Crippen LogP contribution is -2.29. The fourth-order valence-electron chi connectivity index (χ4n) is 2.49. The Morgan fingerprint density at radius 3 is 2.57 bits per heavy atom. The van der Waals surface area contributed by atoms with E-state index >= 15 is 0 Å². The van der Waals surface area contributed by atoms with Gasteiger partial charge in [-0.15, -0.1) is 11.6 Å². The first-order valence-electron chi connectivity index (χ1n) is 6.96. The predicted octanol–water partition coefficient (Wildman–Crippen LogP) is 2.33. The third kappa shape index (κ3) is 3.11. The molecule has 0 aliphatic heterocycles. The highest BCUT2D eigenvalue weighted by Gasteiger charge is 2.24. The zero-order valence-corrected chi connectivity index (χ0v) is 13.9. The predicted molar refractivity (Wildman–Crippen MR) is 83.9 cm³/mol. The van der Waals surface area contributed by atoms with Crippen LogP contribution in [0.5, 0.6) is 5.88 Å². The molecule has 2 rings (SSSR count). The Balaban J connectivity index is 2.64. The van der Waals surface area contributed by atoms with Gasteiger partial charge in [0.25, 0.3) is 0 Å². The molecule has 0 saturated heterocycles. The number of alkyl halides is 1. The highest BCUT2D eigenvalue weighted by molar-refractivity contribution is 6.16. The van der Waals surface area contributed by atoms with Gasteiger partial charge in [0.1, 0.15) is 12.2 Å². The van der Waals surface area contributed by atoms with Crippen molar-refractivity contribution >= 4 is 22.8 Å². The summed E-state index contributed by atoms with van der Waals surface area (Å²) in [6.45, 7) is 5.27. The van der Waals surface area contributed by atoms with Crippen LogP contribution in [0.2, 0.25) is 0 Å². The fourth-order valence-corrected chi connectivity index (χ4v) is 2.68. The van der Waals surface area contributed by atoms with Crippen LogP contribution in [0.3, 0.4) is 0 Å². The van der Waals surface area contributed by atoms with Crippen LogP contribution in [-0.4, -0.2) is 52.2 Å². The lowest BCUT2D eigenvalue weighted by molar-refractivity contribution is 0.269. The van der Waals surface area contributed by atoms with Crippen LogP contribution >= 0.6 is 11.6 Å². The number of hydrogen-bond donors (Lipinski definition) is 0. The maximum Gasteiger partial charge on any atom is 0.245 e. The molecule has 7 heteroatoms. The summed E-state index contributed by atoms with van der Waals surface area (Å²) >= 11 is 6.10. The van der Waals surface area contributed by atoms with E-state index in [9.17, 15) is 0 Å². The molecular formula is C14H22ClN5O. The van der Waals surface area contributed by atoms with E-state index in [-0.39, 0.29) is 6.04 Å². The number of likely N-dealkylation sites (N-methyl/N-ethyl adjacent to an activating group) is 1. The molecule has 0 radical (unpaired) electrons. The molecule has 2 heterocycles. The average molecular weight is 312 g/mol. The molecule has 2 aromatic heterocycles. The van der Waals surface area contributed by atoms with Crippen LogP contribution in [-0.2, 0) is 5.88 Å². The summed E-state index contributed by atoms with van der Waals surface area (Å²) in [4.78, 5) is 15.3. The van der Waals surface area contributed by atoms with E-state index in [1.165, 1.54) is 6.33 Å². The molecular weight excluding hydrogens is 290 g/mol. The van der Waals surface area contributed by atoms with Gasteiger partial charge in [-0.2, -0.15) is 4.98 Å². The quantitative estimate of drug-likeness (QED) is 0.766. The lowest BCUT2D eigenvalue weighted by atomic mass is 10.0. The average Bonchev–Trinajstić information content (AvgIpc) is 2.82. The molecule has 0 aliphatic rings. The highest BCUT2D eigenvalue weighted by Crippen LogP contribution is 2.29. The topological polar surface area (TPSA) is 56.1 Å². The first-order chi connectivity index (χ1) is 9.99. The molecule has 0 aliphatic carbocycles. The van der Waals surface area contributed by atoms with Gasteiger partial charge in [0, 0.05) is 6.54 Å². The minimum absolute atomic E-state index is 0.235. The highest BCUT2D eigenvalue weighted by atomic mass is 35.5. The summed E-state index contributed by atoms with van der Waals surface area (Å²) in [6.07, 6.45) is 1.50. The summed E-state index contributed by atoms with van der Waals surface area (Å²) in [5.74, 6) is 2.03. The second-order valence-corrected chi connectivity index (χ2v) is 5.93. The van der Waals surface area contributed by atoms with Crippen LogP contribution in [0.25, 0.3) is 11.2 Å². The van der Waals surface area contributed by atoms with Gasteiger partial charge in [0.15, 0.2) is 11.2 Å².